The van der Waals surface area contributed by atoms with Gasteiger partial charge in [-0.3, -0.25) is 0 Å². The maximum atomic E-state index is 12.8. The molecule has 0 spiro atoms. The lowest BCUT2D eigenvalue weighted by Crippen LogP contribution is -2.38. The lowest BCUT2D eigenvalue weighted by atomic mass is 10.3. The monoisotopic (exact) mass is 350 g/mol. The van der Waals surface area contributed by atoms with E-state index in [1.54, 1.807) is 24.9 Å². The van der Waals surface area contributed by atoms with E-state index in [1.165, 1.54) is 15.6 Å². The summed E-state index contributed by atoms with van der Waals surface area (Å²) in [6.07, 6.45) is 3.87. The van der Waals surface area contributed by atoms with Crippen LogP contribution in [-0.2, 0) is 16.6 Å². The Hall–Kier alpha value is -0.0800. The Morgan fingerprint density at radius 3 is 2.71 bits per heavy atom. The Bertz CT molecular complexity index is 514. The van der Waals surface area contributed by atoms with Gasteiger partial charge in [0.1, 0.15) is 0 Å². The molecule has 1 heterocycles. The lowest BCUT2D eigenvalue weighted by molar-refractivity contribution is 0.385. The maximum Gasteiger partial charge on any atom is 0.244 e. The van der Waals surface area contributed by atoms with Crippen LogP contribution in [0.5, 0.6) is 0 Å². The molecule has 1 atom stereocenters. The van der Waals surface area contributed by atoms with Gasteiger partial charge in [0.05, 0.1) is 4.90 Å². The quantitative estimate of drug-likeness (QED) is 0.659. The van der Waals surface area contributed by atoms with Crippen molar-refractivity contribution in [1.82, 2.24) is 9.62 Å². The zero-order valence-electron chi connectivity index (χ0n) is 13.3. The SMILES string of the molecule is CCCNCc1sccc1S(=O)(=O)N(C)C(CC)CSC. The van der Waals surface area contributed by atoms with Gasteiger partial charge >= 0.3 is 0 Å². The fourth-order valence-corrected chi connectivity index (χ4v) is 5.84. The molecule has 7 heteroatoms. The van der Waals surface area contributed by atoms with E-state index in [2.05, 4.69) is 12.2 Å². The Morgan fingerprint density at radius 1 is 1.43 bits per heavy atom. The Labute approximate surface area is 137 Å². The van der Waals surface area contributed by atoms with Crippen molar-refractivity contribution < 1.29 is 8.42 Å². The first-order chi connectivity index (χ1) is 9.98. The van der Waals surface area contributed by atoms with E-state index in [4.69, 9.17) is 0 Å². The third kappa shape index (κ3) is 4.96. The third-order valence-electron chi connectivity index (χ3n) is 3.42. The van der Waals surface area contributed by atoms with Crippen molar-refractivity contribution >= 4 is 33.1 Å². The van der Waals surface area contributed by atoms with Crippen LogP contribution in [0.15, 0.2) is 16.3 Å². The molecule has 0 aromatic carbocycles. The zero-order valence-corrected chi connectivity index (χ0v) is 15.7. The molecule has 0 amide bonds. The number of nitrogens with zero attached hydrogens (tertiary/aromatic N) is 1. The topological polar surface area (TPSA) is 49.4 Å². The van der Waals surface area contributed by atoms with Gasteiger partial charge in [0.15, 0.2) is 0 Å². The second-order valence-electron chi connectivity index (χ2n) is 4.92. The van der Waals surface area contributed by atoms with Gasteiger partial charge in [0, 0.05) is 30.3 Å². The average molecular weight is 351 g/mol. The van der Waals surface area contributed by atoms with Gasteiger partial charge in [0.2, 0.25) is 10.0 Å². The first-order valence-electron chi connectivity index (χ1n) is 7.23. The molecule has 0 aliphatic heterocycles. The van der Waals surface area contributed by atoms with E-state index in [-0.39, 0.29) is 6.04 Å². The van der Waals surface area contributed by atoms with Crippen LogP contribution in [0.4, 0.5) is 0 Å². The molecule has 0 saturated heterocycles. The highest BCUT2D eigenvalue weighted by molar-refractivity contribution is 7.98. The fraction of sp³-hybridized carbons (Fsp3) is 0.714. The van der Waals surface area contributed by atoms with Crippen molar-refractivity contribution in [1.29, 1.82) is 0 Å². The molecule has 0 saturated carbocycles. The first kappa shape index (κ1) is 19.0. The van der Waals surface area contributed by atoms with E-state index >= 15 is 0 Å². The van der Waals surface area contributed by atoms with Crippen molar-refractivity contribution in [3.05, 3.63) is 16.3 Å². The zero-order chi connectivity index (χ0) is 15.9. The number of nitrogens with one attached hydrogen (secondary N) is 1. The Balaban J connectivity index is 2.94. The molecule has 0 radical (unpaired) electrons. The van der Waals surface area contributed by atoms with Crippen LogP contribution in [0.2, 0.25) is 0 Å². The average Bonchev–Trinajstić information content (AvgIpc) is 2.93. The molecule has 1 aromatic heterocycles. The van der Waals surface area contributed by atoms with Crippen LogP contribution >= 0.6 is 23.1 Å². The number of hydrogen-bond acceptors (Lipinski definition) is 5. The molecule has 122 valence electrons. The number of thiophene rings is 1. The molecule has 4 nitrogen and oxygen atoms in total. The minimum Gasteiger partial charge on any atom is -0.312 e. The summed E-state index contributed by atoms with van der Waals surface area (Å²) in [6, 6.07) is 1.77. The summed E-state index contributed by atoms with van der Waals surface area (Å²) in [5, 5.41) is 5.14. The molecular weight excluding hydrogens is 324 g/mol. The van der Waals surface area contributed by atoms with Crippen molar-refractivity contribution in [2.75, 3.05) is 25.6 Å². The van der Waals surface area contributed by atoms with E-state index in [1.807, 2.05) is 18.6 Å². The van der Waals surface area contributed by atoms with Crippen LogP contribution in [0.25, 0.3) is 0 Å². The van der Waals surface area contributed by atoms with Gasteiger partial charge in [-0.15, -0.1) is 11.3 Å². The summed E-state index contributed by atoms with van der Waals surface area (Å²) < 4.78 is 27.2. The van der Waals surface area contributed by atoms with E-state index < -0.39 is 10.0 Å². The molecule has 0 bridgehead atoms. The molecule has 1 aromatic rings. The smallest absolute Gasteiger partial charge is 0.244 e. The Kier molecular flexibility index (Phi) is 8.26. The van der Waals surface area contributed by atoms with Crippen LogP contribution in [-0.4, -0.2) is 44.4 Å². The predicted molar refractivity (Wildman–Crippen MR) is 93.7 cm³/mol. The van der Waals surface area contributed by atoms with Gasteiger partial charge in [0.25, 0.3) is 0 Å². The highest BCUT2D eigenvalue weighted by Gasteiger charge is 2.29. The van der Waals surface area contributed by atoms with Gasteiger partial charge in [-0.25, -0.2) is 8.42 Å². The summed E-state index contributed by atoms with van der Waals surface area (Å²) in [7, 11) is -1.71. The summed E-state index contributed by atoms with van der Waals surface area (Å²) in [6.45, 7) is 5.65. The molecular formula is C14H26N2O2S3. The number of rotatable bonds is 10. The minimum absolute atomic E-state index is 0.0429. The van der Waals surface area contributed by atoms with Gasteiger partial charge in [-0.1, -0.05) is 13.8 Å². The number of hydrogen-bond donors (Lipinski definition) is 1. The van der Waals surface area contributed by atoms with Crippen molar-refractivity contribution in [3.63, 3.8) is 0 Å². The maximum absolute atomic E-state index is 12.8. The van der Waals surface area contributed by atoms with Crippen molar-refractivity contribution in [2.45, 2.75) is 44.2 Å². The van der Waals surface area contributed by atoms with Crippen LogP contribution in [0.1, 0.15) is 31.6 Å². The van der Waals surface area contributed by atoms with E-state index in [0.717, 1.165) is 30.0 Å². The highest BCUT2D eigenvalue weighted by atomic mass is 32.2. The van der Waals surface area contributed by atoms with E-state index in [0.29, 0.717) is 11.4 Å². The lowest BCUT2D eigenvalue weighted by Gasteiger charge is -2.26. The number of sulfonamides is 1. The van der Waals surface area contributed by atoms with Gasteiger partial charge in [-0.05, 0) is 37.1 Å². The summed E-state index contributed by atoms with van der Waals surface area (Å²) in [4.78, 5) is 1.35. The summed E-state index contributed by atoms with van der Waals surface area (Å²) in [5.41, 5.74) is 0. The molecule has 21 heavy (non-hydrogen) atoms. The molecule has 0 fully saturated rings. The number of thioether (sulfide) groups is 1. The molecule has 1 rings (SSSR count). The normalized spacial score (nSPS) is 13.8. The second-order valence-corrected chi connectivity index (χ2v) is 8.80. The molecule has 1 unspecified atom stereocenters. The third-order valence-corrected chi connectivity index (χ3v) is 7.18. The molecule has 0 aliphatic carbocycles. The highest BCUT2D eigenvalue weighted by Crippen LogP contribution is 2.26. The predicted octanol–water partition coefficient (Wildman–Crippen LogP) is 3.01. The van der Waals surface area contributed by atoms with Gasteiger partial charge < -0.3 is 5.32 Å². The first-order valence-corrected chi connectivity index (χ1v) is 10.9. The van der Waals surface area contributed by atoms with Crippen molar-refractivity contribution in [3.8, 4) is 0 Å². The van der Waals surface area contributed by atoms with Crippen LogP contribution in [0.3, 0.4) is 0 Å². The summed E-state index contributed by atoms with van der Waals surface area (Å²) >= 11 is 3.18. The standard InChI is InChI=1S/C14H26N2O2S3/c1-5-8-15-10-13-14(7-9-20-13)21(17,18)16(3)12(6-2)11-19-4/h7,9,12,15H,5-6,8,10-11H2,1-4H3. The Morgan fingerprint density at radius 2 is 2.14 bits per heavy atom. The van der Waals surface area contributed by atoms with Gasteiger partial charge in [-0.2, -0.15) is 16.1 Å². The van der Waals surface area contributed by atoms with Crippen LogP contribution in [0, 0.1) is 0 Å². The van der Waals surface area contributed by atoms with Crippen LogP contribution < -0.4 is 5.32 Å². The van der Waals surface area contributed by atoms with E-state index in [9.17, 15) is 8.42 Å². The molecule has 1 N–H and O–H groups in total. The largest absolute Gasteiger partial charge is 0.312 e. The molecule has 0 aliphatic rings. The van der Waals surface area contributed by atoms with Crippen molar-refractivity contribution in [2.24, 2.45) is 0 Å². The second kappa shape index (κ2) is 9.15. The minimum atomic E-state index is -3.41. The summed E-state index contributed by atoms with van der Waals surface area (Å²) in [5.74, 6) is 0.819. The fourth-order valence-electron chi connectivity index (χ4n) is 2.09.